The Morgan fingerprint density at radius 3 is 1.58 bits per heavy atom. The fourth-order valence-electron chi connectivity index (χ4n) is 18.0. The number of carbonyl (C=O) groups excluding carboxylic acids is 14. The second kappa shape index (κ2) is 55.4. The predicted molar refractivity (Wildman–Crippen MR) is 536 cm³/mol. The van der Waals surface area contributed by atoms with Crippen molar-refractivity contribution in [2.45, 2.75) is 239 Å². The van der Waals surface area contributed by atoms with Crippen LogP contribution in [0.15, 0.2) is 152 Å². The molecule has 1 saturated heterocycles. The van der Waals surface area contributed by atoms with E-state index in [4.69, 9.17) is 45.6 Å². The average molecular weight is 2000 g/mol. The van der Waals surface area contributed by atoms with E-state index in [1.54, 1.807) is 124 Å². The molecule has 2 fully saturated rings. The molecular formula is C104H142N14O24S. The van der Waals surface area contributed by atoms with Gasteiger partial charge in [0.2, 0.25) is 39.6 Å². The van der Waals surface area contributed by atoms with E-state index in [0.29, 0.717) is 86.0 Å². The maximum absolute atomic E-state index is 14.9. The highest BCUT2D eigenvalue weighted by Crippen LogP contribution is 2.45. The topological polar surface area (TPSA) is 544 Å². The summed E-state index contributed by atoms with van der Waals surface area (Å²) >= 11 is 0. The van der Waals surface area contributed by atoms with Gasteiger partial charge < -0.3 is 92.2 Å². The van der Waals surface area contributed by atoms with Crippen molar-refractivity contribution in [3.05, 3.63) is 190 Å². The van der Waals surface area contributed by atoms with Gasteiger partial charge in [-0.15, -0.1) is 0 Å². The third-order valence-electron chi connectivity index (χ3n) is 26.4. The molecule has 3 aliphatic rings. The maximum Gasteiger partial charge on any atom is 0.514 e. The summed E-state index contributed by atoms with van der Waals surface area (Å²) in [5.41, 5.74) is 23.3. The summed E-state index contributed by atoms with van der Waals surface area (Å²) in [7, 11) is 2.17. The van der Waals surface area contributed by atoms with Crippen LogP contribution in [0.5, 0.6) is 5.75 Å². The molecule has 6 aromatic carbocycles. The molecule has 1 aliphatic heterocycles. The van der Waals surface area contributed by atoms with Crippen molar-refractivity contribution in [1.82, 2.24) is 40.7 Å². The number of non-ortho nitro benzene ring substituents is 1. The number of ketones is 3. The molecule has 38 nitrogen and oxygen atoms in total. The lowest BCUT2D eigenvalue weighted by molar-refractivity contribution is -0.384. The highest BCUT2D eigenvalue weighted by molar-refractivity contribution is 7.91. The molecule has 143 heavy (non-hydrogen) atoms. The van der Waals surface area contributed by atoms with Gasteiger partial charge in [-0.2, -0.15) is 0 Å². The summed E-state index contributed by atoms with van der Waals surface area (Å²) in [5, 5.41) is 26.3. The van der Waals surface area contributed by atoms with E-state index in [1.807, 2.05) is 96.1 Å². The molecule has 0 radical (unpaired) electrons. The number of sulfonamides is 1. The molecule has 778 valence electrons. The lowest BCUT2D eigenvalue weighted by Crippen LogP contribution is -2.55. The minimum Gasteiger partial charge on any atom is -0.449 e. The first-order valence-electron chi connectivity index (χ1n) is 48.7. The van der Waals surface area contributed by atoms with Crippen molar-refractivity contribution in [2.75, 3.05) is 65.2 Å². The number of nitrogens with two attached hydrogens (primary N) is 3. The highest BCUT2D eigenvalue weighted by atomic mass is 32.2. The summed E-state index contributed by atoms with van der Waals surface area (Å²) in [6.07, 6.45) is -0.785. The van der Waals surface area contributed by atoms with Crippen molar-refractivity contribution in [3.8, 4) is 16.9 Å². The van der Waals surface area contributed by atoms with Crippen LogP contribution in [0.4, 0.5) is 41.0 Å². The number of rotatable bonds is 53. The van der Waals surface area contributed by atoms with E-state index in [9.17, 15) is 85.7 Å². The molecule has 1 heterocycles. The van der Waals surface area contributed by atoms with Crippen LogP contribution >= 0.6 is 0 Å². The van der Waals surface area contributed by atoms with Gasteiger partial charge in [0.15, 0.2) is 17.3 Å². The smallest absolute Gasteiger partial charge is 0.449 e. The number of fused-ring (bicyclic) bond motifs is 3. The van der Waals surface area contributed by atoms with Gasteiger partial charge >= 0.3 is 30.4 Å². The van der Waals surface area contributed by atoms with E-state index in [2.05, 4.69) is 36.6 Å². The zero-order chi connectivity index (χ0) is 105. The van der Waals surface area contributed by atoms with Crippen LogP contribution in [0.25, 0.3) is 11.1 Å². The summed E-state index contributed by atoms with van der Waals surface area (Å²) in [6, 6.07) is 36.4. The largest absolute Gasteiger partial charge is 0.514 e. The Morgan fingerprint density at radius 2 is 1.09 bits per heavy atom. The van der Waals surface area contributed by atoms with Gasteiger partial charge in [0.05, 0.1) is 64.9 Å². The van der Waals surface area contributed by atoms with Crippen LogP contribution in [-0.2, 0) is 96.5 Å². The van der Waals surface area contributed by atoms with Crippen LogP contribution in [-0.4, -0.2) is 220 Å². The Labute approximate surface area is 836 Å². The van der Waals surface area contributed by atoms with Crippen molar-refractivity contribution in [3.63, 3.8) is 0 Å². The van der Waals surface area contributed by atoms with Gasteiger partial charge in [0.25, 0.3) is 11.6 Å². The second-order valence-corrected chi connectivity index (χ2v) is 40.2. The van der Waals surface area contributed by atoms with Crippen LogP contribution in [0.1, 0.15) is 193 Å². The zero-order valence-electron chi connectivity index (χ0n) is 84.3. The van der Waals surface area contributed by atoms with E-state index in [0.717, 1.165) is 22.3 Å². The predicted octanol–water partition coefficient (Wildman–Crippen LogP) is 12.5. The van der Waals surface area contributed by atoms with Crippen molar-refractivity contribution in [1.29, 1.82) is 0 Å². The molecule has 0 bridgehead atoms. The minimum absolute atomic E-state index is 0.0319. The number of methoxy groups -OCH3 is 2. The number of amides is 12. The molecule has 0 unspecified atom stereocenters. The first-order chi connectivity index (χ1) is 67.9. The number of hydrogen-bond acceptors (Lipinski definition) is 25. The number of primary amides is 2. The number of likely N-dealkylation sites (N-methyl/N-ethyl adjacent to an activating group) is 2. The number of carbonyl (C=O) groups is 14. The Morgan fingerprint density at radius 1 is 0.559 bits per heavy atom. The minimum atomic E-state index is -3.91. The summed E-state index contributed by atoms with van der Waals surface area (Å²) in [6.45, 7) is 20.7. The molecule has 39 heteroatoms. The normalized spacial score (nSPS) is 15.8. The number of urea groups is 2. The van der Waals surface area contributed by atoms with Crippen molar-refractivity contribution < 1.29 is 109 Å². The Bertz CT molecular complexity index is 5410. The highest BCUT2D eigenvalue weighted by Gasteiger charge is 2.46. The molecule has 0 spiro atoms. The van der Waals surface area contributed by atoms with E-state index >= 15 is 0 Å². The Hall–Kier alpha value is -13.3. The molecular weight excluding hydrogens is 1860 g/mol. The van der Waals surface area contributed by atoms with Gasteiger partial charge in [-0.25, -0.2) is 32.4 Å². The Balaban J connectivity index is 0.000000383. The number of Topliss-reactive ketones (excluding diaryl/α,β-unsaturated/α-hetero) is 3. The maximum atomic E-state index is 14.9. The molecule has 13 N–H and O–H groups in total. The summed E-state index contributed by atoms with van der Waals surface area (Å²) in [4.78, 5) is 201. The molecule has 12 amide bonds. The van der Waals surface area contributed by atoms with Gasteiger partial charge in [-0.1, -0.05) is 186 Å². The average Bonchev–Trinajstić information content (AvgIpc) is 1.61. The molecule has 0 aromatic heterocycles. The fourth-order valence-corrected chi connectivity index (χ4v) is 19.3. The van der Waals surface area contributed by atoms with Crippen LogP contribution in [0, 0.1) is 63.4 Å². The van der Waals surface area contributed by atoms with E-state index in [-0.39, 0.29) is 148 Å². The number of anilines is 2. The zero-order valence-corrected chi connectivity index (χ0v) is 85.1. The summed E-state index contributed by atoms with van der Waals surface area (Å²) in [5.74, 6) is -8.45. The third kappa shape index (κ3) is 34.2. The van der Waals surface area contributed by atoms with Crippen molar-refractivity contribution in [2.24, 2.45) is 70.5 Å². The first kappa shape index (κ1) is 115. The van der Waals surface area contributed by atoms with Gasteiger partial charge in [0, 0.05) is 121 Å². The monoisotopic (exact) mass is 2000 g/mol. The quantitative estimate of drug-likeness (QED) is 0.00423. The first-order valence-corrected chi connectivity index (χ1v) is 50.2. The number of likely N-dealkylation sites (tertiary alicyclic amines) is 1. The van der Waals surface area contributed by atoms with Gasteiger partial charge in [-0.05, 0) is 156 Å². The fraction of sp³-hybridized carbons (Fsp3) is 0.519. The van der Waals surface area contributed by atoms with Crippen LogP contribution in [0.2, 0.25) is 0 Å². The van der Waals surface area contributed by atoms with E-state index in [1.165, 1.54) is 50.4 Å². The van der Waals surface area contributed by atoms with Gasteiger partial charge in [-0.3, -0.25) is 58.0 Å². The van der Waals surface area contributed by atoms with Crippen LogP contribution < -0.4 is 58.6 Å². The lowest BCUT2D eigenvalue weighted by Gasteiger charge is -2.41. The van der Waals surface area contributed by atoms with E-state index < -0.39 is 146 Å². The number of benzene rings is 6. The number of nitrogens with zero attached hydrogens (tertiary/aromatic N) is 4. The number of hydrogen-bond donors (Lipinski definition) is 10. The van der Waals surface area contributed by atoms with Gasteiger partial charge in [0.1, 0.15) is 31.6 Å². The standard InChI is InChI=1S/C63H99N9O14S.C41H43N5O10/c1-14-40(8)56(52(84-12)35-53(75)72-31-19-23-49(72)57(85-13)41(9)58(76)68-48(32-42-20-16-15-17-21-42)60(78)69-87(82,83)46-28-29-46)70(10)61(79)47(37(2)3)34-51(74)55(39(6)7)71(11)63(81)86-36-43-24-26-45(27-25-43)67-59(77)44(22-18-30-66-62(65)80)33-50(73)54(64)38(4)5;1-25(2)37(45-40(50)54-24-35-33-11-5-3-9-31(33)32-10-4-6-12-34(32)35)36(47)22-27(8-7-21-43-39(42)49)38(48)44-28-15-13-26(14-16-28)23-55-41(51)56-30-19-17-29(18-20-30)46(52)53/h15-17,20-21,24-27,37-41,44,46-49,52,54-57H,14,18-19,22-23,28-36,64H2,1-13H3,(H,67,77)(H,68,76)(H,69,78)(H3,65,66,80);3-6,9-20,25,27,35,37H,7-8,21-24H2,1-2H3,(H,44,48)(H,45,50)(H3,42,43,49)/t40-,41+,44+,47-,48-,49-,52+,54-,55-,56-,57+;27-,37+/m01/s1. The summed E-state index contributed by atoms with van der Waals surface area (Å²) < 4.78 is 61.4. The van der Waals surface area contributed by atoms with Crippen LogP contribution in [0.3, 0.4) is 0 Å². The molecule has 2 aliphatic carbocycles. The lowest BCUT2D eigenvalue weighted by atomic mass is 9.83. The third-order valence-corrected chi connectivity index (χ3v) is 28.2. The number of ether oxygens (including phenoxy) is 6. The molecule has 6 aromatic rings. The number of nitro benzene ring substituents is 1. The number of nitro groups is 1. The SMILES string of the molecule is CC(C)[C@H](NC(=O)OCC1c2ccccc2-c2ccccc21)C(=O)C[C@@H](CCCNC(N)=O)C(=O)Nc1ccc(COC(=O)Oc2ccc([N+](=O)[O-])cc2)cc1.CC[C@H](C)[C@@H]([C@@H](CC(=O)N1CCC[C@H]1[C@H](OC)[C@@H](C)C(=O)N[C@@H](Cc1ccccc1)C(=O)NS(=O)(=O)C1CC1)OC)N(C)C(=O)[C@@H](CC(=O)[C@H](C(C)C)N(C)C(=O)OCc1ccc(NC(=O)[C@H](CCCNC(N)=O)CC(=O)[C@@H](N)C(C)C)cc1)C(C)C. The number of alkyl carbamates (subject to hydrolysis) is 1. The Kier molecular flexibility index (Phi) is 44.5. The molecule has 1 saturated carbocycles. The second-order valence-electron chi connectivity index (χ2n) is 38.3. The molecule has 9 rings (SSSR count). The van der Waals surface area contributed by atoms with Crippen molar-refractivity contribution >= 4 is 110 Å². The molecule has 13 atom stereocenters. The number of nitrogens with one attached hydrogen (secondary N) is 7.